The van der Waals surface area contributed by atoms with Gasteiger partial charge in [-0.2, -0.15) is 0 Å². The van der Waals surface area contributed by atoms with E-state index < -0.39 is 0 Å². The number of methoxy groups -OCH3 is 1. The van der Waals surface area contributed by atoms with Crippen LogP contribution in [0.2, 0.25) is 5.02 Å². The van der Waals surface area contributed by atoms with Gasteiger partial charge in [-0.1, -0.05) is 22.8 Å². The number of halogens is 1. The van der Waals surface area contributed by atoms with Crippen molar-refractivity contribution < 1.29 is 9.26 Å². The zero-order chi connectivity index (χ0) is 10.8. The average Bonchev–Trinajstić information content (AvgIpc) is 2.64. The highest BCUT2D eigenvalue weighted by Crippen LogP contribution is 2.35. The summed E-state index contributed by atoms with van der Waals surface area (Å²) in [6.45, 7) is 0. The Balaban J connectivity index is 2.57. The van der Waals surface area contributed by atoms with E-state index >= 15 is 0 Å². The summed E-state index contributed by atoms with van der Waals surface area (Å²) in [5, 5.41) is 4.32. The van der Waals surface area contributed by atoms with E-state index in [0.29, 0.717) is 16.5 Å². The number of hydrogen-bond acceptors (Lipinski definition) is 4. The van der Waals surface area contributed by atoms with E-state index in [4.69, 9.17) is 26.6 Å². The predicted octanol–water partition coefficient (Wildman–Crippen LogP) is 2.59. The number of para-hydroxylation sites is 1. The van der Waals surface area contributed by atoms with Crippen LogP contribution in [0.3, 0.4) is 0 Å². The van der Waals surface area contributed by atoms with Gasteiger partial charge in [0.05, 0.1) is 12.1 Å². The lowest BCUT2D eigenvalue weighted by Gasteiger charge is -2.06. The first-order valence-electron chi connectivity index (χ1n) is 4.27. The smallest absolute Gasteiger partial charge is 0.222 e. The monoisotopic (exact) mass is 224 g/mol. The molecule has 2 aromatic rings. The van der Waals surface area contributed by atoms with Gasteiger partial charge in [0.2, 0.25) is 5.88 Å². The molecule has 0 radical (unpaired) electrons. The Morgan fingerprint density at radius 3 is 2.87 bits per heavy atom. The molecule has 0 saturated heterocycles. The van der Waals surface area contributed by atoms with Crippen LogP contribution < -0.4 is 10.5 Å². The lowest BCUT2D eigenvalue weighted by Crippen LogP contribution is -1.88. The highest BCUT2D eigenvalue weighted by Gasteiger charge is 2.12. The SMILES string of the molecule is COc1c(Cl)cccc1-c1cc(N)on1. The Morgan fingerprint density at radius 2 is 2.27 bits per heavy atom. The van der Waals surface area contributed by atoms with Crippen LogP contribution in [-0.4, -0.2) is 12.3 Å². The Bertz CT molecular complexity index is 482. The number of nitrogens with two attached hydrogens (primary N) is 1. The molecule has 2 rings (SSSR count). The van der Waals surface area contributed by atoms with Crippen LogP contribution >= 0.6 is 11.6 Å². The Morgan fingerprint density at radius 1 is 1.47 bits per heavy atom. The van der Waals surface area contributed by atoms with Crippen molar-refractivity contribution in [1.82, 2.24) is 5.16 Å². The second-order valence-corrected chi connectivity index (χ2v) is 3.34. The topological polar surface area (TPSA) is 61.3 Å². The summed E-state index contributed by atoms with van der Waals surface area (Å²) in [5.41, 5.74) is 6.80. The van der Waals surface area contributed by atoms with Crippen molar-refractivity contribution >= 4 is 17.5 Å². The first-order chi connectivity index (χ1) is 7.22. The van der Waals surface area contributed by atoms with Crippen molar-refractivity contribution in [1.29, 1.82) is 0 Å². The van der Waals surface area contributed by atoms with Gasteiger partial charge in [-0.25, -0.2) is 0 Å². The molecule has 0 aliphatic heterocycles. The molecule has 78 valence electrons. The number of anilines is 1. The lowest BCUT2D eigenvalue weighted by atomic mass is 10.1. The highest BCUT2D eigenvalue weighted by atomic mass is 35.5. The molecule has 0 atom stereocenters. The Hall–Kier alpha value is -1.68. The van der Waals surface area contributed by atoms with Gasteiger partial charge in [0, 0.05) is 11.6 Å². The third-order valence-electron chi connectivity index (χ3n) is 1.98. The summed E-state index contributed by atoms with van der Waals surface area (Å²) >= 11 is 5.97. The number of nitrogens with zero attached hydrogens (tertiary/aromatic N) is 1. The van der Waals surface area contributed by atoms with Gasteiger partial charge in [0.15, 0.2) is 0 Å². The molecule has 0 spiro atoms. The molecule has 0 aliphatic rings. The molecule has 0 bridgehead atoms. The van der Waals surface area contributed by atoms with Crippen LogP contribution in [0.1, 0.15) is 0 Å². The fraction of sp³-hybridized carbons (Fsp3) is 0.100. The summed E-state index contributed by atoms with van der Waals surface area (Å²) in [6, 6.07) is 7.01. The van der Waals surface area contributed by atoms with Crippen LogP contribution in [-0.2, 0) is 0 Å². The largest absolute Gasteiger partial charge is 0.494 e. The number of nitrogen functional groups attached to an aromatic ring is 1. The fourth-order valence-electron chi connectivity index (χ4n) is 1.33. The summed E-state index contributed by atoms with van der Waals surface area (Å²) in [5.74, 6) is 0.819. The number of aromatic nitrogens is 1. The van der Waals surface area contributed by atoms with Crippen LogP contribution in [0, 0.1) is 0 Å². The molecule has 0 unspecified atom stereocenters. The van der Waals surface area contributed by atoms with Gasteiger partial charge >= 0.3 is 0 Å². The van der Waals surface area contributed by atoms with Crippen LogP contribution in [0.5, 0.6) is 5.75 Å². The molecule has 2 N–H and O–H groups in total. The summed E-state index contributed by atoms with van der Waals surface area (Å²) in [6.07, 6.45) is 0. The maximum Gasteiger partial charge on any atom is 0.222 e. The molecule has 0 saturated carbocycles. The molecule has 4 nitrogen and oxygen atoms in total. The second-order valence-electron chi connectivity index (χ2n) is 2.94. The molecule has 5 heteroatoms. The van der Waals surface area contributed by atoms with Crippen molar-refractivity contribution in [3.63, 3.8) is 0 Å². The summed E-state index contributed by atoms with van der Waals surface area (Å²) in [7, 11) is 1.55. The van der Waals surface area contributed by atoms with Crippen molar-refractivity contribution in [2.24, 2.45) is 0 Å². The van der Waals surface area contributed by atoms with E-state index in [9.17, 15) is 0 Å². The van der Waals surface area contributed by atoms with Crippen molar-refractivity contribution in [3.05, 3.63) is 29.3 Å². The number of hydrogen-bond donors (Lipinski definition) is 1. The highest BCUT2D eigenvalue weighted by molar-refractivity contribution is 6.32. The summed E-state index contributed by atoms with van der Waals surface area (Å²) in [4.78, 5) is 0. The van der Waals surface area contributed by atoms with Gasteiger partial charge in [0.1, 0.15) is 11.4 Å². The average molecular weight is 225 g/mol. The van der Waals surface area contributed by atoms with E-state index in [-0.39, 0.29) is 5.88 Å². The fourth-order valence-corrected chi connectivity index (χ4v) is 1.59. The molecule has 1 aromatic heterocycles. The zero-order valence-corrected chi connectivity index (χ0v) is 8.78. The minimum absolute atomic E-state index is 0.257. The van der Waals surface area contributed by atoms with E-state index in [1.807, 2.05) is 12.1 Å². The molecule has 0 aliphatic carbocycles. The molecule has 0 amide bonds. The zero-order valence-electron chi connectivity index (χ0n) is 8.03. The maximum atomic E-state index is 5.97. The first-order valence-corrected chi connectivity index (χ1v) is 4.65. The number of ether oxygens (including phenoxy) is 1. The van der Waals surface area contributed by atoms with Gasteiger partial charge in [-0.15, -0.1) is 0 Å². The molecule has 1 heterocycles. The van der Waals surface area contributed by atoms with E-state index in [1.165, 1.54) is 0 Å². The third-order valence-corrected chi connectivity index (χ3v) is 2.27. The van der Waals surface area contributed by atoms with Gasteiger partial charge in [-0.05, 0) is 12.1 Å². The third kappa shape index (κ3) is 1.76. The maximum absolute atomic E-state index is 5.97. The van der Waals surface area contributed by atoms with Crippen LogP contribution in [0.4, 0.5) is 5.88 Å². The van der Waals surface area contributed by atoms with Crippen LogP contribution in [0.15, 0.2) is 28.8 Å². The van der Waals surface area contributed by atoms with Crippen molar-refractivity contribution in [2.45, 2.75) is 0 Å². The van der Waals surface area contributed by atoms with Crippen molar-refractivity contribution in [3.8, 4) is 17.0 Å². The standard InChI is InChI=1S/C10H9ClN2O2/c1-14-10-6(3-2-4-7(10)11)8-5-9(12)15-13-8/h2-5H,12H2,1H3. The predicted molar refractivity (Wildman–Crippen MR) is 57.9 cm³/mol. The Kier molecular flexibility index (Phi) is 2.51. The molecular weight excluding hydrogens is 216 g/mol. The number of rotatable bonds is 2. The van der Waals surface area contributed by atoms with Gasteiger partial charge in [0.25, 0.3) is 0 Å². The number of benzene rings is 1. The minimum atomic E-state index is 0.257. The van der Waals surface area contributed by atoms with E-state index in [2.05, 4.69) is 5.16 Å². The Labute approximate surface area is 91.6 Å². The van der Waals surface area contributed by atoms with Gasteiger partial charge in [-0.3, -0.25) is 0 Å². The first kappa shape index (κ1) is 9.86. The molecule has 1 aromatic carbocycles. The summed E-state index contributed by atoms with van der Waals surface area (Å²) < 4.78 is 9.97. The van der Waals surface area contributed by atoms with E-state index in [0.717, 1.165) is 5.56 Å². The van der Waals surface area contributed by atoms with E-state index in [1.54, 1.807) is 19.2 Å². The molecular formula is C10H9ClN2O2. The minimum Gasteiger partial charge on any atom is -0.494 e. The second kappa shape index (κ2) is 3.82. The van der Waals surface area contributed by atoms with Crippen molar-refractivity contribution in [2.75, 3.05) is 12.8 Å². The molecule has 0 fully saturated rings. The van der Waals surface area contributed by atoms with Gasteiger partial charge < -0.3 is 15.0 Å². The van der Waals surface area contributed by atoms with Crippen LogP contribution in [0.25, 0.3) is 11.3 Å². The quantitative estimate of drug-likeness (QED) is 0.852. The molecule has 15 heavy (non-hydrogen) atoms. The lowest BCUT2D eigenvalue weighted by molar-refractivity contribution is 0.414. The normalized spacial score (nSPS) is 10.3.